The van der Waals surface area contributed by atoms with Gasteiger partial charge >= 0.3 is 0 Å². The third-order valence-corrected chi connectivity index (χ3v) is 5.97. The van der Waals surface area contributed by atoms with E-state index in [1.54, 1.807) is 21.9 Å². The first-order valence-electron chi connectivity index (χ1n) is 10.8. The van der Waals surface area contributed by atoms with Crippen LogP contribution in [0.1, 0.15) is 23.1 Å². The van der Waals surface area contributed by atoms with Gasteiger partial charge in [0.25, 0.3) is 5.91 Å². The average Bonchev–Trinajstić information content (AvgIpc) is 3.17. The fraction of sp³-hybridized carbons (Fsp3) is 0.320. The Hall–Kier alpha value is -3.41. The van der Waals surface area contributed by atoms with Crippen LogP contribution in [0.5, 0.6) is 0 Å². The third kappa shape index (κ3) is 4.53. The second-order valence-corrected chi connectivity index (χ2v) is 7.99. The Kier molecular flexibility index (Phi) is 6.16. The first-order chi connectivity index (χ1) is 15.1. The first-order valence-corrected chi connectivity index (χ1v) is 10.8. The second-order valence-electron chi connectivity index (χ2n) is 7.99. The molecule has 0 radical (unpaired) electrons. The lowest BCUT2D eigenvalue weighted by Gasteiger charge is -2.23. The molecule has 0 spiro atoms. The summed E-state index contributed by atoms with van der Waals surface area (Å²) >= 11 is 0. The van der Waals surface area contributed by atoms with E-state index in [0.29, 0.717) is 38.4 Å². The van der Waals surface area contributed by atoms with Gasteiger partial charge in [0.2, 0.25) is 5.91 Å². The van der Waals surface area contributed by atoms with E-state index in [1.807, 2.05) is 37.1 Å². The number of aryl methyl sites for hydroxylation is 1. The average molecular weight is 417 g/mol. The molecule has 2 heterocycles. The number of nitrogens with zero attached hydrogens (tertiary/aromatic N) is 4. The van der Waals surface area contributed by atoms with E-state index >= 15 is 0 Å². The van der Waals surface area contributed by atoms with Crippen LogP contribution in [-0.4, -0.2) is 57.3 Å². The van der Waals surface area contributed by atoms with E-state index in [-0.39, 0.29) is 17.7 Å². The Labute approximate surface area is 183 Å². The molecule has 0 aliphatic carbocycles. The number of hydrogen-bond acceptors (Lipinski definition) is 3. The SMILES string of the molecule is CCN1CCN(C(=O)c2nccn2C)C[C@@H](Cc2ccc(-c3ccccc3)cc2)C1=O. The Morgan fingerprint density at radius 2 is 1.74 bits per heavy atom. The van der Waals surface area contributed by atoms with Gasteiger partial charge in [0.15, 0.2) is 5.82 Å². The molecule has 6 heteroatoms. The highest BCUT2D eigenvalue weighted by Crippen LogP contribution is 2.22. The van der Waals surface area contributed by atoms with Crippen molar-refractivity contribution >= 4 is 11.8 Å². The molecule has 1 aromatic heterocycles. The second kappa shape index (κ2) is 9.16. The van der Waals surface area contributed by atoms with Gasteiger partial charge in [-0.25, -0.2) is 4.98 Å². The van der Waals surface area contributed by atoms with Crippen LogP contribution in [0.2, 0.25) is 0 Å². The maximum Gasteiger partial charge on any atom is 0.289 e. The number of carbonyl (C=O) groups excluding carboxylic acids is 2. The molecule has 0 bridgehead atoms. The molecule has 1 aliphatic rings. The molecule has 0 unspecified atom stereocenters. The van der Waals surface area contributed by atoms with Gasteiger partial charge in [0.05, 0.1) is 5.92 Å². The summed E-state index contributed by atoms with van der Waals surface area (Å²) in [5, 5.41) is 0. The van der Waals surface area contributed by atoms with Crippen molar-refractivity contribution in [1.29, 1.82) is 0 Å². The molecule has 3 aromatic rings. The molecule has 2 amide bonds. The lowest BCUT2D eigenvalue weighted by Crippen LogP contribution is -2.38. The molecule has 1 saturated heterocycles. The Balaban J connectivity index is 1.53. The van der Waals surface area contributed by atoms with Crippen molar-refractivity contribution in [2.45, 2.75) is 13.3 Å². The maximum atomic E-state index is 13.2. The molecule has 0 N–H and O–H groups in total. The van der Waals surface area contributed by atoms with E-state index in [1.165, 1.54) is 5.56 Å². The minimum Gasteiger partial charge on any atom is -0.341 e. The van der Waals surface area contributed by atoms with Gasteiger partial charge in [-0.1, -0.05) is 54.6 Å². The van der Waals surface area contributed by atoms with Gasteiger partial charge in [-0.15, -0.1) is 0 Å². The van der Waals surface area contributed by atoms with Crippen molar-refractivity contribution in [3.8, 4) is 11.1 Å². The van der Waals surface area contributed by atoms with Crippen LogP contribution in [-0.2, 0) is 18.3 Å². The van der Waals surface area contributed by atoms with Crippen LogP contribution >= 0.6 is 0 Å². The highest BCUT2D eigenvalue weighted by molar-refractivity contribution is 5.91. The van der Waals surface area contributed by atoms with Crippen molar-refractivity contribution in [3.05, 3.63) is 78.4 Å². The molecular weight excluding hydrogens is 388 g/mol. The zero-order chi connectivity index (χ0) is 21.8. The van der Waals surface area contributed by atoms with Crippen LogP contribution < -0.4 is 0 Å². The minimum absolute atomic E-state index is 0.116. The summed E-state index contributed by atoms with van der Waals surface area (Å²) in [5.74, 6) is 0.130. The standard InChI is InChI=1S/C25H28N4O2/c1-3-28-15-16-29(25(31)23-26-13-14-27(23)2)18-22(24(28)30)17-19-9-11-21(12-10-19)20-7-5-4-6-8-20/h4-14,22H,3,15-18H2,1-2H3/t22-/m1/s1. The van der Waals surface area contributed by atoms with Crippen molar-refractivity contribution in [1.82, 2.24) is 19.4 Å². The van der Waals surface area contributed by atoms with Crippen LogP contribution in [0.25, 0.3) is 11.1 Å². The minimum atomic E-state index is -0.269. The summed E-state index contributed by atoms with van der Waals surface area (Å²) < 4.78 is 1.73. The quantitative estimate of drug-likeness (QED) is 0.642. The fourth-order valence-electron chi connectivity index (χ4n) is 4.16. The van der Waals surface area contributed by atoms with Crippen LogP contribution in [0.15, 0.2) is 67.0 Å². The van der Waals surface area contributed by atoms with Gasteiger partial charge in [-0.3, -0.25) is 9.59 Å². The van der Waals surface area contributed by atoms with Crippen molar-refractivity contribution < 1.29 is 9.59 Å². The van der Waals surface area contributed by atoms with Crippen molar-refractivity contribution in [2.75, 3.05) is 26.2 Å². The molecule has 31 heavy (non-hydrogen) atoms. The number of benzene rings is 2. The highest BCUT2D eigenvalue weighted by Gasteiger charge is 2.33. The van der Waals surface area contributed by atoms with Gasteiger partial charge in [-0.2, -0.15) is 0 Å². The number of imidazole rings is 1. The number of carbonyl (C=O) groups is 2. The number of hydrogen-bond donors (Lipinski definition) is 0. The van der Waals surface area contributed by atoms with Crippen LogP contribution in [0.3, 0.4) is 0 Å². The van der Waals surface area contributed by atoms with E-state index in [2.05, 4.69) is 41.4 Å². The molecule has 0 saturated carbocycles. The van der Waals surface area contributed by atoms with Crippen LogP contribution in [0.4, 0.5) is 0 Å². The number of amides is 2. The van der Waals surface area contributed by atoms with Gasteiger partial charge in [0, 0.05) is 45.6 Å². The smallest absolute Gasteiger partial charge is 0.289 e. The van der Waals surface area contributed by atoms with Gasteiger partial charge in [0.1, 0.15) is 0 Å². The van der Waals surface area contributed by atoms with Crippen LogP contribution in [0, 0.1) is 5.92 Å². The number of aromatic nitrogens is 2. The molecule has 160 valence electrons. The van der Waals surface area contributed by atoms with Gasteiger partial charge < -0.3 is 14.4 Å². The van der Waals surface area contributed by atoms with Gasteiger partial charge in [-0.05, 0) is 30.0 Å². The van der Waals surface area contributed by atoms with Crippen molar-refractivity contribution in [2.24, 2.45) is 13.0 Å². The molecule has 1 aliphatic heterocycles. The maximum absolute atomic E-state index is 13.2. The third-order valence-electron chi connectivity index (χ3n) is 5.97. The number of likely N-dealkylation sites (N-methyl/N-ethyl adjacent to an activating group) is 1. The lowest BCUT2D eigenvalue weighted by atomic mass is 9.95. The summed E-state index contributed by atoms with van der Waals surface area (Å²) in [6.07, 6.45) is 4.00. The number of rotatable bonds is 5. The Morgan fingerprint density at radius 3 is 2.39 bits per heavy atom. The summed E-state index contributed by atoms with van der Waals surface area (Å²) in [4.78, 5) is 34.0. The summed E-state index contributed by atoms with van der Waals surface area (Å²) in [6.45, 7) is 4.11. The Bertz CT molecular complexity index is 1040. The topological polar surface area (TPSA) is 58.4 Å². The lowest BCUT2D eigenvalue weighted by molar-refractivity contribution is -0.134. The zero-order valence-electron chi connectivity index (χ0n) is 18.1. The summed E-state index contributed by atoms with van der Waals surface area (Å²) in [5.41, 5.74) is 3.42. The fourth-order valence-corrected chi connectivity index (χ4v) is 4.16. The molecule has 2 aromatic carbocycles. The highest BCUT2D eigenvalue weighted by atomic mass is 16.2. The van der Waals surface area contributed by atoms with E-state index in [0.717, 1.165) is 11.1 Å². The largest absolute Gasteiger partial charge is 0.341 e. The summed E-state index contributed by atoms with van der Waals surface area (Å²) in [7, 11) is 1.81. The molecule has 4 rings (SSSR count). The van der Waals surface area contributed by atoms with E-state index in [9.17, 15) is 9.59 Å². The zero-order valence-corrected chi connectivity index (χ0v) is 18.1. The Morgan fingerprint density at radius 1 is 1.03 bits per heavy atom. The molecule has 6 nitrogen and oxygen atoms in total. The molecular formula is C25H28N4O2. The summed E-state index contributed by atoms with van der Waals surface area (Å²) in [6, 6.07) is 18.6. The molecule has 1 atom stereocenters. The predicted molar refractivity (Wildman–Crippen MR) is 120 cm³/mol. The van der Waals surface area contributed by atoms with E-state index < -0.39 is 0 Å². The predicted octanol–water partition coefficient (Wildman–Crippen LogP) is 3.25. The normalized spacial score (nSPS) is 17.0. The van der Waals surface area contributed by atoms with Crippen molar-refractivity contribution in [3.63, 3.8) is 0 Å². The van der Waals surface area contributed by atoms with E-state index in [4.69, 9.17) is 0 Å². The first kappa shape index (κ1) is 20.8. The monoisotopic (exact) mass is 416 g/mol. The molecule has 1 fully saturated rings.